The summed E-state index contributed by atoms with van der Waals surface area (Å²) in [5.41, 5.74) is 7.49. The minimum atomic E-state index is -0.349. The first kappa shape index (κ1) is 12.8. The van der Waals surface area contributed by atoms with Crippen LogP contribution < -0.4 is 20.5 Å². The van der Waals surface area contributed by atoms with Gasteiger partial charge in [0, 0.05) is 17.7 Å². The van der Waals surface area contributed by atoms with E-state index in [4.69, 9.17) is 20.5 Å². The number of fused-ring (bicyclic) bond motifs is 1. The van der Waals surface area contributed by atoms with Gasteiger partial charge < -0.3 is 20.5 Å². The number of carbonyl (C=O) groups is 1. The van der Waals surface area contributed by atoms with Gasteiger partial charge in [0.05, 0.1) is 23.0 Å². The first-order valence-electron chi connectivity index (χ1n) is 6.18. The Bertz CT molecular complexity index is 765. The second-order valence-electron chi connectivity index (χ2n) is 4.44. The van der Waals surface area contributed by atoms with Gasteiger partial charge in [0.2, 0.25) is 6.79 Å². The van der Waals surface area contributed by atoms with Gasteiger partial charge in [0.1, 0.15) is 0 Å². The number of nitrogens with zero attached hydrogens (tertiary/aromatic N) is 1. The number of benzene rings is 2. The van der Waals surface area contributed by atoms with Crippen LogP contribution in [0.4, 0.5) is 11.4 Å². The van der Waals surface area contributed by atoms with Gasteiger partial charge in [-0.3, -0.25) is 4.79 Å². The number of nitrogens with one attached hydrogen (secondary N) is 1. The van der Waals surface area contributed by atoms with E-state index in [1.807, 2.05) is 6.07 Å². The number of hydrogen-bond acceptors (Lipinski definition) is 5. The van der Waals surface area contributed by atoms with Crippen molar-refractivity contribution in [1.82, 2.24) is 0 Å². The van der Waals surface area contributed by atoms with Crippen LogP contribution in [0.15, 0.2) is 36.4 Å². The van der Waals surface area contributed by atoms with Crippen molar-refractivity contribution in [3.8, 4) is 17.6 Å². The molecule has 6 heteroatoms. The summed E-state index contributed by atoms with van der Waals surface area (Å²) in [6.45, 7) is 0.135. The van der Waals surface area contributed by atoms with Crippen LogP contribution in [0.25, 0.3) is 0 Å². The molecule has 0 aliphatic carbocycles. The maximum atomic E-state index is 12.2. The number of hydrogen-bond donors (Lipinski definition) is 2. The van der Waals surface area contributed by atoms with E-state index < -0.39 is 0 Å². The maximum Gasteiger partial charge on any atom is 0.255 e. The lowest BCUT2D eigenvalue weighted by Crippen LogP contribution is -2.13. The summed E-state index contributed by atoms with van der Waals surface area (Å²) in [5.74, 6) is 0.736. The van der Waals surface area contributed by atoms with Gasteiger partial charge in [-0.25, -0.2) is 0 Å². The van der Waals surface area contributed by atoms with Gasteiger partial charge >= 0.3 is 0 Å². The highest BCUT2D eigenvalue weighted by Crippen LogP contribution is 2.38. The second kappa shape index (κ2) is 5.06. The van der Waals surface area contributed by atoms with Crippen LogP contribution in [0.5, 0.6) is 11.5 Å². The fraction of sp³-hybridized carbons (Fsp3) is 0.0667. The van der Waals surface area contributed by atoms with Gasteiger partial charge in [0.25, 0.3) is 5.91 Å². The highest BCUT2D eigenvalue weighted by Gasteiger charge is 2.17. The molecule has 2 aromatic carbocycles. The third-order valence-electron chi connectivity index (χ3n) is 3.05. The number of ether oxygens (including phenoxy) is 2. The van der Waals surface area contributed by atoms with E-state index in [0.717, 1.165) is 0 Å². The third kappa shape index (κ3) is 2.44. The fourth-order valence-corrected chi connectivity index (χ4v) is 1.99. The SMILES string of the molecule is N#Cc1cccc(C(=O)Nc2cc3c(cc2N)OCO3)c1. The van der Waals surface area contributed by atoms with Crippen molar-refractivity contribution in [1.29, 1.82) is 5.26 Å². The smallest absolute Gasteiger partial charge is 0.255 e. The maximum absolute atomic E-state index is 12.2. The average Bonchev–Trinajstić information content (AvgIpc) is 2.94. The molecule has 3 N–H and O–H groups in total. The molecule has 6 nitrogen and oxygen atoms in total. The Hall–Kier alpha value is -3.20. The molecule has 3 rings (SSSR count). The summed E-state index contributed by atoms with van der Waals surface area (Å²) >= 11 is 0. The highest BCUT2D eigenvalue weighted by atomic mass is 16.7. The number of amides is 1. The first-order valence-corrected chi connectivity index (χ1v) is 6.18. The van der Waals surface area contributed by atoms with E-state index in [-0.39, 0.29) is 12.7 Å². The molecule has 1 amide bonds. The number of carbonyl (C=O) groups excluding carboxylic acids is 1. The standard InChI is InChI=1S/C15H11N3O3/c16-7-9-2-1-3-10(4-9)15(19)18-12-6-14-13(5-11(12)17)20-8-21-14/h1-6H,8,17H2,(H,18,19). The zero-order chi connectivity index (χ0) is 14.8. The van der Waals surface area contributed by atoms with Crippen LogP contribution in [0.3, 0.4) is 0 Å². The molecule has 21 heavy (non-hydrogen) atoms. The number of nitrogen functional groups attached to an aromatic ring is 1. The second-order valence-corrected chi connectivity index (χ2v) is 4.44. The minimum absolute atomic E-state index is 0.135. The van der Waals surface area contributed by atoms with Crippen molar-refractivity contribution < 1.29 is 14.3 Å². The summed E-state index contributed by atoms with van der Waals surface area (Å²) in [7, 11) is 0. The zero-order valence-corrected chi connectivity index (χ0v) is 10.9. The lowest BCUT2D eigenvalue weighted by atomic mass is 10.1. The molecule has 1 aliphatic rings. The summed E-state index contributed by atoms with van der Waals surface area (Å²) in [6, 6.07) is 11.6. The lowest BCUT2D eigenvalue weighted by Gasteiger charge is -2.09. The Balaban J connectivity index is 1.86. The van der Waals surface area contributed by atoms with Crippen LogP contribution in [0.1, 0.15) is 15.9 Å². The van der Waals surface area contributed by atoms with Crippen molar-refractivity contribution in [3.63, 3.8) is 0 Å². The molecule has 0 aromatic heterocycles. The molecule has 0 atom stereocenters. The number of anilines is 2. The molecule has 0 saturated carbocycles. The monoisotopic (exact) mass is 281 g/mol. The van der Waals surface area contributed by atoms with Crippen molar-refractivity contribution in [3.05, 3.63) is 47.5 Å². The third-order valence-corrected chi connectivity index (χ3v) is 3.05. The first-order chi connectivity index (χ1) is 10.2. The average molecular weight is 281 g/mol. The quantitative estimate of drug-likeness (QED) is 0.822. The molecule has 1 heterocycles. The van der Waals surface area contributed by atoms with Gasteiger partial charge in [-0.2, -0.15) is 5.26 Å². The summed E-state index contributed by atoms with van der Waals surface area (Å²) in [6.07, 6.45) is 0. The molecule has 0 radical (unpaired) electrons. The Morgan fingerprint density at radius 3 is 2.76 bits per heavy atom. The fourth-order valence-electron chi connectivity index (χ4n) is 1.99. The van der Waals surface area contributed by atoms with Crippen LogP contribution in [0.2, 0.25) is 0 Å². The van der Waals surface area contributed by atoms with Crippen LogP contribution in [-0.4, -0.2) is 12.7 Å². The normalized spacial score (nSPS) is 11.8. The largest absolute Gasteiger partial charge is 0.454 e. The van der Waals surface area contributed by atoms with Crippen LogP contribution in [-0.2, 0) is 0 Å². The number of nitrogens with two attached hydrogens (primary N) is 1. The van der Waals surface area contributed by atoms with Gasteiger partial charge in [-0.15, -0.1) is 0 Å². The summed E-state index contributed by atoms with van der Waals surface area (Å²) in [5, 5.41) is 11.5. The number of rotatable bonds is 2. The zero-order valence-electron chi connectivity index (χ0n) is 10.9. The van der Waals surface area contributed by atoms with Crippen molar-refractivity contribution in [2.75, 3.05) is 17.8 Å². The van der Waals surface area contributed by atoms with E-state index in [1.54, 1.807) is 30.3 Å². The molecule has 0 bridgehead atoms. The number of nitriles is 1. The molecular formula is C15H11N3O3. The Kier molecular flexibility index (Phi) is 3.09. The lowest BCUT2D eigenvalue weighted by molar-refractivity contribution is 0.102. The molecule has 0 spiro atoms. The van der Waals surface area contributed by atoms with Gasteiger partial charge in [-0.1, -0.05) is 6.07 Å². The molecule has 104 valence electrons. The molecule has 0 unspecified atom stereocenters. The van der Waals surface area contributed by atoms with Crippen molar-refractivity contribution >= 4 is 17.3 Å². The van der Waals surface area contributed by atoms with E-state index in [9.17, 15) is 4.79 Å². The minimum Gasteiger partial charge on any atom is -0.454 e. The Morgan fingerprint density at radius 1 is 1.24 bits per heavy atom. The molecule has 0 saturated heterocycles. The van der Waals surface area contributed by atoms with Crippen molar-refractivity contribution in [2.24, 2.45) is 0 Å². The van der Waals surface area contributed by atoms with E-state index >= 15 is 0 Å². The Labute approximate surface area is 120 Å². The van der Waals surface area contributed by atoms with Gasteiger partial charge in [0.15, 0.2) is 11.5 Å². The van der Waals surface area contributed by atoms with Crippen molar-refractivity contribution in [2.45, 2.75) is 0 Å². The molecule has 0 fully saturated rings. The van der Waals surface area contributed by atoms with E-state index in [2.05, 4.69) is 5.32 Å². The summed E-state index contributed by atoms with van der Waals surface area (Å²) < 4.78 is 10.4. The Morgan fingerprint density at radius 2 is 2.00 bits per heavy atom. The topological polar surface area (TPSA) is 97.4 Å². The van der Waals surface area contributed by atoms with E-state index in [0.29, 0.717) is 34.0 Å². The van der Waals surface area contributed by atoms with Gasteiger partial charge in [-0.05, 0) is 18.2 Å². The summed E-state index contributed by atoms with van der Waals surface area (Å²) in [4.78, 5) is 12.2. The van der Waals surface area contributed by atoms with E-state index in [1.165, 1.54) is 6.07 Å². The highest BCUT2D eigenvalue weighted by molar-refractivity contribution is 6.06. The van der Waals surface area contributed by atoms with Crippen LogP contribution in [0, 0.1) is 11.3 Å². The predicted octanol–water partition coefficient (Wildman–Crippen LogP) is 2.12. The molecule has 1 aliphatic heterocycles. The molecular weight excluding hydrogens is 270 g/mol. The predicted molar refractivity (Wildman–Crippen MR) is 76.1 cm³/mol. The molecule has 2 aromatic rings. The van der Waals surface area contributed by atoms with Crippen LogP contribution >= 0.6 is 0 Å².